The zero-order valence-electron chi connectivity index (χ0n) is 17.4. The number of nitrogens with one attached hydrogen (secondary N) is 1. The van der Waals surface area contributed by atoms with Gasteiger partial charge in [0.1, 0.15) is 11.4 Å². The maximum absolute atomic E-state index is 4.75. The summed E-state index contributed by atoms with van der Waals surface area (Å²) in [6, 6.07) is 34.5. The van der Waals surface area contributed by atoms with E-state index in [-0.39, 0.29) is 0 Å². The zero-order valence-corrected chi connectivity index (χ0v) is 17.4. The summed E-state index contributed by atoms with van der Waals surface area (Å²) in [5.41, 5.74) is 5.92. The minimum absolute atomic E-state index is 0.493. The quantitative estimate of drug-likeness (QED) is 0.375. The third-order valence-electron chi connectivity index (χ3n) is 5.15. The topological polar surface area (TPSA) is 63.6 Å². The van der Waals surface area contributed by atoms with Crippen molar-refractivity contribution in [2.75, 3.05) is 5.32 Å². The fourth-order valence-electron chi connectivity index (χ4n) is 3.47. The van der Waals surface area contributed by atoms with E-state index in [0.717, 1.165) is 11.1 Å². The second-order valence-corrected chi connectivity index (χ2v) is 7.33. The van der Waals surface area contributed by atoms with Crippen LogP contribution in [0, 0.1) is 0 Å². The fraction of sp³-hybridized carbons (Fsp3) is 0.0370. The largest absolute Gasteiger partial charge is 0.364 e. The smallest absolute Gasteiger partial charge is 0.202 e. The number of hydrogen-bond acceptors (Lipinski definition) is 5. The van der Waals surface area contributed by atoms with Crippen molar-refractivity contribution in [3.8, 4) is 33.9 Å². The number of nitrogens with zero attached hydrogens (tertiary/aromatic N) is 4. The second kappa shape index (κ2) is 9.18. The van der Waals surface area contributed by atoms with Crippen LogP contribution in [-0.2, 0) is 6.54 Å². The Kier molecular flexibility index (Phi) is 5.62. The van der Waals surface area contributed by atoms with Crippen LogP contribution in [0.4, 0.5) is 5.82 Å². The van der Waals surface area contributed by atoms with Gasteiger partial charge in [0.25, 0.3) is 0 Å². The SMILES string of the molecule is c1ccc(-c2ccc(CNc3nc(-c4ccccn4)nnc3-c3ccccc3)cc2)cc1. The van der Waals surface area contributed by atoms with Crippen LogP contribution in [0.1, 0.15) is 5.56 Å². The Bertz CT molecular complexity index is 1290. The van der Waals surface area contributed by atoms with Crippen LogP contribution in [0.5, 0.6) is 0 Å². The van der Waals surface area contributed by atoms with Crippen molar-refractivity contribution in [2.45, 2.75) is 6.54 Å². The summed E-state index contributed by atoms with van der Waals surface area (Å²) in [5.74, 6) is 1.17. The van der Waals surface area contributed by atoms with E-state index in [2.05, 4.69) is 69.0 Å². The molecule has 5 heteroatoms. The van der Waals surface area contributed by atoms with Crippen LogP contribution in [0.3, 0.4) is 0 Å². The highest BCUT2D eigenvalue weighted by atomic mass is 15.2. The Morgan fingerprint density at radius 3 is 1.94 bits per heavy atom. The Balaban J connectivity index is 1.42. The summed E-state index contributed by atoms with van der Waals surface area (Å²) in [6.07, 6.45) is 1.73. The maximum atomic E-state index is 4.75. The third kappa shape index (κ3) is 4.37. The van der Waals surface area contributed by atoms with E-state index < -0.39 is 0 Å². The molecule has 1 N–H and O–H groups in total. The summed E-state index contributed by atoms with van der Waals surface area (Å²) in [5, 5.41) is 12.3. The molecule has 32 heavy (non-hydrogen) atoms. The minimum atomic E-state index is 0.493. The molecule has 0 amide bonds. The number of hydrogen-bond donors (Lipinski definition) is 1. The molecule has 0 radical (unpaired) electrons. The molecule has 0 fully saturated rings. The van der Waals surface area contributed by atoms with Crippen molar-refractivity contribution in [1.82, 2.24) is 20.2 Å². The molecule has 2 aromatic heterocycles. The van der Waals surface area contributed by atoms with Gasteiger partial charge in [0.2, 0.25) is 5.82 Å². The number of aromatic nitrogens is 4. The molecule has 0 atom stereocenters. The molecule has 0 aliphatic rings. The molecule has 0 saturated carbocycles. The summed E-state index contributed by atoms with van der Waals surface area (Å²) in [4.78, 5) is 9.11. The average molecular weight is 416 g/mol. The van der Waals surface area contributed by atoms with Gasteiger partial charge in [0, 0.05) is 18.3 Å². The number of anilines is 1. The maximum Gasteiger partial charge on any atom is 0.202 e. The first kappa shape index (κ1) is 19.6. The van der Waals surface area contributed by atoms with Crippen molar-refractivity contribution >= 4 is 5.82 Å². The molecule has 5 nitrogen and oxygen atoms in total. The van der Waals surface area contributed by atoms with E-state index >= 15 is 0 Å². The molecular weight excluding hydrogens is 394 g/mol. The lowest BCUT2D eigenvalue weighted by Crippen LogP contribution is -2.07. The van der Waals surface area contributed by atoms with Crippen LogP contribution < -0.4 is 5.32 Å². The van der Waals surface area contributed by atoms with Crippen LogP contribution >= 0.6 is 0 Å². The van der Waals surface area contributed by atoms with Crippen molar-refractivity contribution in [3.05, 3.63) is 115 Å². The van der Waals surface area contributed by atoms with Gasteiger partial charge >= 0.3 is 0 Å². The van der Waals surface area contributed by atoms with Gasteiger partial charge in [-0.15, -0.1) is 10.2 Å². The zero-order chi connectivity index (χ0) is 21.6. The van der Waals surface area contributed by atoms with E-state index in [1.54, 1.807) is 6.20 Å². The van der Waals surface area contributed by atoms with Gasteiger partial charge < -0.3 is 5.32 Å². The fourth-order valence-corrected chi connectivity index (χ4v) is 3.47. The molecule has 0 spiro atoms. The molecule has 0 saturated heterocycles. The van der Waals surface area contributed by atoms with Gasteiger partial charge in [-0.1, -0.05) is 91.0 Å². The third-order valence-corrected chi connectivity index (χ3v) is 5.15. The molecule has 3 aromatic carbocycles. The Labute approximate surface area is 186 Å². The predicted molar refractivity (Wildman–Crippen MR) is 128 cm³/mol. The van der Waals surface area contributed by atoms with Crippen LogP contribution in [-0.4, -0.2) is 20.2 Å². The first-order valence-electron chi connectivity index (χ1n) is 10.5. The lowest BCUT2D eigenvalue weighted by molar-refractivity contribution is 0.965. The Hall–Kier alpha value is -4.38. The summed E-state index contributed by atoms with van der Waals surface area (Å²) >= 11 is 0. The lowest BCUT2D eigenvalue weighted by Gasteiger charge is -2.12. The van der Waals surface area contributed by atoms with Crippen LogP contribution in [0.2, 0.25) is 0 Å². The molecular formula is C27H21N5. The van der Waals surface area contributed by atoms with E-state index in [9.17, 15) is 0 Å². The first-order chi connectivity index (χ1) is 15.9. The summed E-state index contributed by atoms with van der Waals surface area (Å²) in [7, 11) is 0. The Morgan fingerprint density at radius 1 is 0.594 bits per heavy atom. The summed E-state index contributed by atoms with van der Waals surface area (Å²) in [6.45, 7) is 0.620. The molecule has 0 aliphatic carbocycles. The molecule has 2 heterocycles. The van der Waals surface area contributed by atoms with E-state index in [1.165, 1.54) is 11.1 Å². The second-order valence-electron chi connectivity index (χ2n) is 7.33. The van der Waals surface area contributed by atoms with Crippen molar-refractivity contribution in [2.24, 2.45) is 0 Å². The molecule has 5 aromatic rings. The molecule has 154 valence electrons. The van der Waals surface area contributed by atoms with Gasteiger partial charge in [-0.05, 0) is 28.8 Å². The lowest BCUT2D eigenvalue weighted by atomic mass is 10.0. The number of pyridine rings is 1. The number of benzene rings is 3. The molecule has 0 unspecified atom stereocenters. The van der Waals surface area contributed by atoms with Gasteiger partial charge in [-0.2, -0.15) is 0 Å². The van der Waals surface area contributed by atoms with Crippen molar-refractivity contribution < 1.29 is 0 Å². The highest BCUT2D eigenvalue weighted by Crippen LogP contribution is 2.26. The standard InChI is InChI=1S/C27H21N5/c1-3-9-21(10-4-1)22-16-14-20(15-17-22)19-29-27-25(23-11-5-2-6-12-23)31-32-26(30-27)24-13-7-8-18-28-24/h1-18H,19H2,(H,29,30,32). The van der Waals surface area contributed by atoms with Gasteiger partial charge in [0.05, 0.1) is 0 Å². The molecule has 0 aliphatic heterocycles. The predicted octanol–water partition coefficient (Wildman–Crippen LogP) is 5.88. The van der Waals surface area contributed by atoms with Crippen molar-refractivity contribution in [1.29, 1.82) is 0 Å². The average Bonchev–Trinajstić information content (AvgIpc) is 2.89. The Morgan fingerprint density at radius 2 is 1.25 bits per heavy atom. The van der Waals surface area contributed by atoms with Crippen LogP contribution in [0.15, 0.2) is 109 Å². The van der Waals surface area contributed by atoms with Gasteiger partial charge in [0.15, 0.2) is 5.82 Å². The molecule has 5 rings (SSSR count). The highest BCUT2D eigenvalue weighted by molar-refractivity contribution is 5.72. The summed E-state index contributed by atoms with van der Waals surface area (Å²) < 4.78 is 0. The highest BCUT2D eigenvalue weighted by Gasteiger charge is 2.13. The van der Waals surface area contributed by atoms with Gasteiger partial charge in [-0.25, -0.2) is 4.98 Å². The molecule has 0 bridgehead atoms. The minimum Gasteiger partial charge on any atom is -0.364 e. The van der Waals surface area contributed by atoms with Crippen LogP contribution in [0.25, 0.3) is 33.9 Å². The monoisotopic (exact) mass is 415 g/mol. The van der Waals surface area contributed by atoms with E-state index in [0.29, 0.717) is 29.6 Å². The number of rotatable bonds is 6. The van der Waals surface area contributed by atoms with E-state index in [4.69, 9.17) is 4.98 Å². The van der Waals surface area contributed by atoms with Crippen molar-refractivity contribution in [3.63, 3.8) is 0 Å². The van der Waals surface area contributed by atoms with Gasteiger partial charge in [-0.3, -0.25) is 4.98 Å². The normalized spacial score (nSPS) is 10.6. The first-order valence-corrected chi connectivity index (χ1v) is 10.5. The van der Waals surface area contributed by atoms with E-state index in [1.807, 2.05) is 54.6 Å².